The molecule has 0 saturated heterocycles. The molecule has 0 radical (unpaired) electrons. The van der Waals surface area contributed by atoms with Crippen LogP contribution in [0.3, 0.4) is 0 Å². The lowest BCUT2D eigenvalue weighted by Gasteiger charge is -2.58. The predicted molar refractivity (Wildman–Crippen MR) is 70.6 cm³/mol. The van der Waals surface area contributed by atoms with Gasteiger partial charge in [-0.25, -0.2) is 4.79 Å². The van der Waals surface area contributed by atoms with Gasteiger partial charge in [-0.1, -0.05) is 19.1 Å². The van der Waals surface area contributed by atoms with Crippen molar-refractivity contribution < 1.29 is 24.9 Å². The molecule has 0 amide bonds. The van der Waals surface area contributed by atoms with Crippen molar-refractivity contribution in [3.8, 4) is 0 Å². The lowest BCUT2D eigenvalue weighted by atomic mass is 9.52. The smallest absolute Gasteiger partial charge is 0.334 e. The summed E-state index contributed by atoms with van der Waals surface area (Å²) in [6.07, 6.45) is 2.28. The maximum Gasteiger partial charge on any atom is 0.334 e. The van der Waals surface area contributed by atoms with Crippen molar-refractivity contribution in [1.82, 2.24) is 0 Å². The van der Waals surface area contributed by atoms with Gasteiger partial charge in [0.15, 0.2) is 0 Å². The molecule has 1 saturated carbocycles. The lowest BCUT2D eigenvalue weighted by molar-refractivity contribution is -0.240. The normalized spacial score (nSPS) is 50.8. The molecule has 20 heavy (non-hydrogen) atoms. The van der Waals surface area contributed by atoms with Crippen molar-refractivity contribution in [1.29, 1.82) is 0 Å². The molecular weight excluding hydrogens is 260 g/mol. The highest BCUT2D eigenvalue weighted by Crippen LogP contribution is 2.57. The van der Waals surface area contributed by atoms with Crippen molar-refractivity contribution in [3.63, 3.8) is 0 Å². The molecule has 0 aromatic rings. The zero-order chi connectivity index (χ0) is 14.9. The summed E-state index contributed by atoms with van der Waals surface area (Å²) in [4.78, 5) is 11.7. The molecule has 0 bridgehead atoms. The minimum Gasteiger partial charge on any atom is -0.454 e. The summed E-state index contributed by atoms with van der Waals surface area (Å²) in [6, 6.07) is 0. The van der Waals surface area contributed by atoms with Gasteiger partial charge in [0.1, 0.15) is 23.4 Å². The third kappa shape index (κ3) is 1.40. The Balaban J connectivity index is 2.14. The van der Waals surface area contributed by atoms with E-state index < -0.39 is 22.7 Å². The van der Waals surface area contributed by atoms with Gasteiger partial charge in [-0.15, -0.1) is 0 Å². The maximum atomic E-state index is 11.7. The lowest BCUT2D eigenvalue weighted by Crippen LogP contribution is -2.70. The first-order chi connectivity index (χ1) is 9.12. The Labute approximate surface area is 117 Å². The highest BCUT2D eigenvalue weighted by atomic mass is 16.5. The van der Waals surface area contributed by atoms with Gasteiger partial charge in [-0.3, -0.25) is 0 Å². The van der Waals surface area contributed by atoms with Gasteiger partial charge in [-0.05, 0) is 19.4 Å². The van der Waals surface area contributed by atoms with Crippen LogP contribution in [0.25, 0.3) is 0 Å². The molecule has 1 fully saturated rings. The van der Waals surface area contributed by atoms with E-state index in [1.807, 2.05) is 6.92 Å². The number of aliphatic hydroxyl groups is 3. The highest BCUT2D eigenvalue weighted by molar-refractivity contribution is 5.91. The van der Waals surface area contributed by atoms with E-state index in [1.54, 1.807) is 13.0 Å². The number of aliphatic hydroxyl groups excluding tert-OH is 1. The van der Waals surface area contributed by atoms with Crippen LogP contribution in [0.15, 0.2) is 23.3 Å². The van der Waals surface area contributed by atoms with Crippen molar-refractivity contribution in [3.05, 3.63) is 23.3 Å². The minimum atomic E-state index is -1.68. The van der Waals surface area contributed by atoms with Crippen molar-refractivity contribution in [2.24, 2.45) is 5.41 Å². The summed E-state index contributed by atoms with van der Waals surface area (Å²) in [5.41, 5.74) is -2.73. The Hall–Kier alpha value is -1.17. The second-order valence-corrected chi connectivity index (χ2v) is 6.65. The fourth-order valence-corrected chi connectivity index (χ4v) is 3.80. The molecule has 5 heteroatoms. The number of hydrogen-bond donors (Lipinski definition) is 3. The molecule has 1 aliphatic heterocycles. The Morgan fingerprint density at radius 1 is 1.35 bits per heavy atom. The molecule has 1 heterocycles. The molecule has 0 spiro atoms. The summed E-state index contributed by atoms with van der Waals surface area (Å²) < 4.78 is 5.33. The number of fused-ring (bicyclic) bond motifs is 2. The van der Waals surface area contributed by atoms with Crippen LogP contribution in [0, 0.1) is 5.41 Å². The van der Waals surface area contributed by atoms with Gasteiger partial charge in [0.2, 0.25) is 0 Å². The zero-order valence-corrected chi connectivity index (χ0v) is 11.9. The fraction of sp³-hybridized carbons (Fsp3) is 0.667. The van der Waals surface area contributed by atoms with E-state index in [0.29, 0.717) is 12.0 Å². The second-order valence-electron chi connectivity index (χ2n) is 6.65. The highest BCUT2D eigenvalue weighted by Gasteiger charge is 2.65. The first kappa shape index (κ1) is 13.8. The van der Waals surface area contributed by atoms with Crippen molar-refractivity contribution in [2.45, 2.75) is 57.0 Å². The van der Waals surface area contributed by atoms with Gasteiger partial charge in [0.25, 0.3) is 0 Å². The van der Waals surface area contributed by atoms with E-state index in [2.05, 4.69) is 0 Å². The Morgan fingerprint density at radius 2 is 2.00 bits per heavy atom. The summed E-state index contributed by atoms with van der Waals surface area (Å²) in [5, 5.41) is 31.8. The summed E-state index contributed by atoms with van der Waals surface area (Å²) in [7, 11) is 0. The molecule has 0 aromatic heterocycles. The van der Waals surface area contributed by atoms with Gasteiger partial charge < -0.3 is 20.1 Å². The van der Waals surface area contributed by atoms with Crippen LogP contribution >= 0.6 is 0 Å². The maximum absolute atomic E-state index is 11.7. The molecule has 2 aliphatic carbocycles. The Kier molecular flexibility index (Phi) is 2.57. The molecule has 5 nitrogen and oxygen atoms in total. The first-order valence-electron chi connectivity index (χ1n) is 6.85. The predicted octanol–water partition coefficient (Wildman–Crippen LogP) is 0.441. The van der Waals surface area contributed by atoms with Crippen LogP contribution < -0.4 is 0 Å². The number of esters is 1. The number of rotatable bonds is 0. The SMILES string of the molecule is CC1=C2CC3(O)C(C)(C=CC(O)C3(C)O)CC2OC1=O. The number of hydrogen-bond acceptors (Lipinski definition) is 5. The second kappa shape index (κ2) is 3.72. The van der Waals surface area contributed by atoms with E-state index in [1.165, 1.54) is 13.0 Å². The van der Waals surface area contributed by atoms with Crippen LogP contribution in [0.4, 0.5) is 0 Å². The van der Waals surface area contributed by atoms with E-state index in [4.69, 9.17) is 4.74 Å². The topological polar surface area (TPSA) is 87.0 Å². The molecule has 0 aromatic carbocycles. The monoisotopic (exact) mass is 280 g/mol. The first-order valence-corrected chi connectivity index (χ1v) is 6.85. The van der Waals surface area contributed by atoms with Crippen molar-refractivity contribution in [2.75, 3.05) is 0 Å². The van der Waals surface area contributed by atoms with Gasteiger partial charge >= 0.3 is 5.97 Å². The van der Waals surface area contributed by atoms with Crippen molar-refractivity contribution >= 4 is 5.97 Å². The van der Waals surface area contributed by atoms with Crippen LogP contribution in [0.5, 0.6) is 0 Å². The van der Waals surface area contributed by atoms with E-state index in [9.17, 15) is 20.1 Å². The third-order valence-electron chi connectivity index (χ3n) is 5.49. The number of carbonyl (C=O) groups excluding carboxylic acids is 1. The van der Waals surface area contributed by atoms with Crippen LogP contribution in [-0.2, 0) is 9.53 Å². The molecule has 3 rings (SSSR count). The molecule has 5 unspecified atom stereocenters. The van der Waals surface area contributed by atoms with Gasteiger partial charge in [0, 0.05) is 23.8 Å². The molecule has 110 valence electrons. The van der Waals surface area contributed by atoms with Crippen LogP contribution in [0.2, 0.25) is 0 Å². The van der Waals surface area contributed by atoms with E-state index in [-0.39, 0.29) is 18.5 Å². The fourth-order valence-electron chi connectivity index (χ4n) is 3.80. The Morgan fingerprint density at radius 3 is 2.65 bits per heavy atom. The largest absolute Gasteiger partial charge is 0.454 e. The standard InChI is InChI=1S/C15H20O5/c1-8-9-6-15(19)13(2,7-10(9)20-12(8)17)5-4-11(16)14(15,3)18/h4-5,10-11,16,18-19H,6-7H2,1-3H3. The van der Waals surface area contributed by atoms with Crippen LogP contribution in [0.1, 0.15) is 33.6 Å². The molecule has 5 atom stereocenters. The molecule has 3 aliphatic rings. The summed E-state index contributed by atoms with van der Waals surface area (Å²) in [5.74, 6) is -0.361. The Bertz CT molecular complexity index is 546. The van der Waals surface area contributed by atoms with E-state index >= 15 is 0 Å². The molecule has 3 N–H and O–H groups in total. The summed E-state index contributed by atoms with van der Waals surface area (Å²) in [6.45, 7) is 4.93. The number of ether oxygens (including phenoxy) is 1. The zero-order valence-electron chi connectivity index (χ0n) is 11.9. The third-order valence-corrected chi connectivity index (χ3v) is 5.49. The van der Waals surface area contributed by atoms with Gasteiger partial charge in [-0.2, -0.15) is 0 Å². The molecular formula is C15H20O5. The van der Waals surface area contributed by atoms with Crippen LogP contribution in [-0.4, -0.2) is 44.7 Å². The van der Waals surface area contributed by atoms with E-state index in [0.717, 1.165) is 5.57 Å². The summed E-state index contributed by atoms with van der Waals surface area (Å²) >= 11 is 0. The average Bonchev–Trinajstić information content (AvgIpc) is 2.61. The number of carbonyl (C=O) groups is 1. The minimum absolute atomic E-state index is 0.125. The average molecular weight is 280 g/mol. The quantitative estimate of drug-likeness (QED) is 0.443. The van der Waals surface area contributed by atoms with Gasteiger partial charge in [0.05, 0.1) is 0 Å².